The topological polar surface area (TPSA) is 34.1 Å². The minimum absolute atomic E-state index is 0.335. The van der Waals surface area contributed by atoms with E-state index in [0.717, 1.165) is 5.56 Å². The fourth-order valence-electron chi connectivity index (χ4n) is 2.40. The Morgan fingerprint density at radius 2 is 1.32 bits per heavy atom. The Kier molecular flexibility index (Phi) is 2.58. The first-order valence-electron chi connectivity index (χ1n) is 6.00. The highest BCUT2D eigenvalue weighted by Gasteiger charge is 2.52. The highest BCUT2D eigenvalue weighted by atomic mass is 35.5. The molecule has 0 aliphatic heterocycles. The molecule has 0 saturated heterocycles. The first kappa shape index (κ1) is 12.1. The third kappa shape index (κ3) is 1.57. The summed E-state index contributed by atoms with van der Waals surface area (Å²) in [6.45, 7) is 1.94. The zero-order valence-electron chi connectivity index (χ0n) is 10.3. The summed E-state index contributed by atoms with van der Waals surface area (Å²) >= 11 is 6.42. The first-order valence-corrected chi connectivity index (χ1v) is 6.37. The highest BCUT2D eigenvalue weighted by molar-refractivity contribution is 6.54. The van der Waals surface area contributed by atoms with Crippen molar-refractivity contribution in [1.29, 1.82) is 0 Å². The number of hydrogen-bond acceptors (Lipinski definition) is 2. The van der Waals surface area contributed by atoms with Crippen molar-refractivity contribution < 1.29 is 9.59 Å². The summed E-state index contributed by atoms with van der Waals surface area (Å²) < 4.78 is 0. The monoisotopic (exact) mass is 270 g/mol. The Morgan fingerprint density at radius 1 is 0.842 bits per heavy atom. The molecule has 0 fully saturated rings. The van der Waals surface area contributed by atoms with Crippen LogP contribution in [0.5, 0.6) is 0 Å². The van der Waals surface area contributed by atoms with Crippen molar-refractivity contribution in [3.8, 4) is 0 Å². The molecule has 0 aromatic heterocycles. The Hall–Kier alpha value is -1.93. The number of rotatable bonds is 1. The van der Waals surface area contributed by atoms with Gasteiger partial charge in [-0.2, -0.15) is 0 Å². The third-order valence-corrected chi connectivity index (χ3v) is 4.05. The van der Waals surface area contributed by atoms with Gasteiger partial charge in [0.15, 0.2) is 16.4 Å². The average molecular weight is 271 g/mol. The van der Waals surface area contributed by atoms with Crippen LogP contribution in [0.2, 0.25) is 0 Å². The summed E-state index contributed by atoms with van der Waals surface area (Å²) in [5.74, 6) is -0.669. The van der Waals surface area contributed by atoms with Gasteiger partial charge in [-0.1, -0.05) is 65.7 Å². The summed E-state index contributed by atoms with van der Waals surface area (Å²) in [7, 11) is 0. The summed E-state index contributed by atoms with van der Waals surface area (Å²) in [4.78, 5) is 23.3. The van der Waals surface area contributed by atoms with Crippen LogP contribution in [0.4, 0.5) is 0 Å². The van der Waals surface area contributed by atoms with Crippen LogP contribution in [-0.2, 0) is 4.87 Å². The van der Waals surface area contributed by atoms with Gasteiger partial charge in [-0.15, -0.1) is 0 Å². The van der Waals surface area contributed by atoms with Crippen LogP contribution in [0.1, 0.15) is 31.8 Å². The normalized spacial score (nSPS) is 16.5. The fraction of sp³-hybridized carbons (Fsp3) is 0.125. The minimum Gasteiger partial charge on any atom is -0.291 e. The van der Waals surface area contributed by atoms with Gasteiger partial charge in [0.25, 0.3) is 0 Å². The fourth-order valence-corrected chi connectivity index (χ4v) is 2.73. The molecule has 19 heavy (non-hydrogen) atoms. The summed E-state index contributed by atoms with van der Waals surface area (Å²) in [6, 6.07) is 13.9. The first-order chi connectivity index (χ1) is 9.05. The standard InChI is InChI=1S/C16H11ClO2/c1-10-6-8-11(9-7-10)16(17)14(18)12-4-2-3-5-13(12)15(16)19/h2-9H,1H3. The molecule has 0 atom stereocenters. The largest absolute Gasteiger partial charge is 0.291 e. The van der Waals surface area contributed by atoms with E-state index >= 15 is 0 Å². The number of halogens is 1. The van der Waals surface area contributed by atoms with Crippen molar-refractivity contribution in [2.24, 2.45) is 0 Å². The molecule has 2 aromatic rings. The van der Waals surface area contributed by atoms with Gasteiger partial charge in [0.2, 0.25) is 0 Å². The van der Waals surface area contributed by atoms with E-state index in [1.54, 1.807) is 36.4 Å². The molecule has 94 valence electrons. The van der Waals surface area contributed by atoms with Crippen LogP contribution >= 0.6 is 11.6 Å². The molecule has 0 unspecified atom stereocenters. The second-order valence-electron chi connectivity index (χ2n) is 4.73. The Morgan fingerprint density at radius 3 is 1.79 bits per heavy atom. The number of carbonyl (C=O) groups excluding carboxylic acids is 2. The van der Waals surface area contributed by atoms with E-state index in [1.165, 1.54) is 0 Å². The van der Waals surface area contributed by atoms with Gasteiger partial charge in [0.05, 0.1) is 0 Å². The zero-order valence-corrected chi connectivity index (χ0v) is 11.1. The van der Waals surface area contributed by atoms with E-state index in [2.05, 4.69) is 0 Å². The lowest BCUT2D eigenvalue weighted by molar-refractivity contribution is 0.0861. The van der Waals surface area contributed by atoms with Crippen LogP contribution < -0.4 is 0 Å². The lowest BCUT2D eigenvalue weighted by Gasteiger charge is -2.18. The lowest BCUT2D eigenvalue weighted by Crippen LogP contribution is -2.31. The quantitative estimate of drug-likeness (QED) is 0.587. The summed E-state index contributed by atoms with van der Waals surface area (Å²) in [5.41, 5.74) is 2.40. The van der Waals surface area contributed by atoms with E-state index in [4.69, 9.17) is 11.6 Å². The van der Waals surface area contributed by atoms with Gasteiger partial charge in [-0.3, -0.25) is 9.59 Å². The maximum Gasteiger partial charge on any atom is 0.196 e. The van der Waals surface area contributed by atoms with Gasteiger partial charge in [0.1, 0.15) is 0 Å². The molecule has 2 nitrogen and oxygen atoms in total. The molecule has 0 N–H and O–H groups in total. The van der Waals surface area contributed by atoms with Gasteiger partial charge < -0.3 is 0 Å². The maximum absolute atomic E-state index is 12.5. The van der Waals surface area contributed by atoms with E-state index in [9.17, 15) is 9.59 Å². The smallest absolute Gasteiger partial charge is 0.196 e. The van der Waals surface area contributed by atoms with Crippen LogP contribution in [-0.4, -0.2) is 11.6 Å². The SMILES string of the molecule is Cc1ccc(C2(Cl)C(=O)c3ccccc3C2=O)cc1. The summed E-state index contributed by atoms with van der Waals surface area (Å²) in [5, 5.41) is 0. The van der Waals surface area contributed by atoms with Gasteiger partial charge in [0, 0.05) is 11.1 Å². The van der Waals surface area contributed by atoms with Crippen molar-refractivity contribution in [3.05, 3.63) is 70.8 Å². The molecule has 3 heteroatoms. The second kappa shape index (κ2) is 4.04. The number of carbonyl (C=O) groups is 2. The number of aryl methyl sites for hydroxylation is 1. The van der Waals surface area contributed by atoms with Crippen LogP contribution in [0.3, 0.4) is 0 Å². The van der Waals surface area contributed by atoms with E-state index in [0.29, 0.717) is 16.7 Å². The van der Waals surface area contributed by atoms with E-state index in [-0.39, 0.29) is 11.6 Å². The molecule has 2 aromatic carbocycles. The van der Waals surface area contributed by atoms with Crippen molar-refractivity contribution in [3.63, 3.8) is 0 Å². The number of hydrogen-bond donors (Lipinski definition) is 0. The zero-order chi connectivity index (χ0) is 13.6. The van der Waals surface area contributed by atoms with Crippen LogP contribution in [0.25, 0.3) is 0 Å². The molecule has 0 amide bonds. The lowest BCUT2D eigenvalue weighted by atomic mass is 9.92. The van der Waals surface area contributed by atoms with Gasteiger partial charge >= 0.3 is 0 Å². The summed E-state index contributed by atoms with van der Waals surface area (Å²) in [6.07, 6.45) is 0. The van der Waals surface area contributed by atoms with Gasteiger partial charge in [-0.25, -0.2) is 0 Å². The van der Waals surface area contributed by atoms with Crippen molar-refractivity contribution in [1.82, 2.24) is 0 Å². The Balaban J connectivity index is 2.19. The number of alkyl halides is 1. The van der Waals surface area contributed by atoms with Crippen LogP contribution in [0.15, 0.2) is 48.5 Å². The molecular formula is C16H11ClO2. The number of fused-ring (bicyclic) bond motifs is 1. The minimum atomic E-state index is -1.60. The Labute approximate surface area is 116 Å². The average Bonchev–Trinajstić information content (AvgIpc) is 2.63. The molecule has 0 radical (unpaired) electrons. The molecular weight excluding hydrogens is 260 g/mol. The molecule has 0 saturated carbocycles. The number of benzene rings is 2. The van der Waals surface area contributed by atoms with Crippen molar-refractivity contribution in [2.75, 3.05) is 0 Å². The van der Waals surface area contributed by atoms with Crippen molar-refractivity contribution in [2.45, 2.75) is 11.8 Å². The third-order valence-electron chi connectivity index (χ3n) is 3.49. The molecule has 1 aliphatic rings. The number of Topliss-reactive ketones (excluding diaryl/α,β-unsaturated/α-hetero) is 2. The predicted octanol–water partition coefficient (Wildman–Crippen LogP) is 3.51. The predicted molar refractivity (Wildman–Crippen MR) is 73.8 cm³/mol. The van der Waals surface area contributed by atoms with Gasteiger partial charge in [-0.05, 0) is 12.5 Å². The maximum atomic E-state index is 12.5. The molecule has 0 spiro atoms. The molecule has 0 heterocycles. The highest BCUT2D eigenvalue weighted by Crippen LogP contribution is 2.42. The van der Waals surface area contributed by atoms with E-state index < -0.39 is 4.87 Å². The molecule has 0 bridgehead atoms. The number of ketones is 2. The van der Waals surface area contributed by atoms with Crippen molar-refractivity contribution >= 4 is 23.2 Å². The van der Waals surface area contributed by atoms with Crippen LogP contribution in [0, 0.1) is 6.92 Å². The molecule has 1 aliphatic carbocycles. The second-order valence-corrected chi connectivity index (χ2v) is 5.30. The van der Waals surface area contributed by atoms with E-state index in [1.807, 2.05) is 19.1 Å². The molecule has 3 rings (SSSR count). The Bertz CT molecular complexity index is 651.